The topological polar surface area (TPSA) is 0 Å². The van der Waals surface area contributed by atoms with Gasteiger partial charge in [-0.25, -0.2) is 0 Å². The van der Waals surface area contributed by atoms with Crippen molar-refractivity contribution >= 4 is 11.1 Å². The summed E-state index contributed by atoms with van der Waals surface area (Å²) in [5.41, 5.74) is 18.4. The maximum absolute atomic E-state index is 2.44. The van der Waals surface area contributed by atoms with Crippen LogP contribution in [0.2, 0.25) is 0 Å². The normalized spacial score (nSPS) is 18.6. The van der Waals surface area contributed by atoms with Gasteiger partial charge in [-0.05, 0) is 0 Å². The van der Waals surface area contributed by atoms with Gasteiger partial charge in [0.25, 0.3) is 0 Å². The molecule has 0 amide bonds. The zero-order valence-electron chi connectivity index (χ0n) is 20.4. The Labute approximate surface area is 237 Å². The molecule has 0 saturated carbocycles. The molecule has 0 fully saturated rings. The zero-order valence-corrected chi connectivity index (χ0v) is 24.3. The Morgan fingerprint density at radius 2 is 0.944 bits per heavy atom. The Morgan fingerprint density at radius 3 is 1.36 bits per heavy atom. The van der Waals surface area contributed by atoms with Crippen molar-refractivity contribution in [2.45, 2.75) is 27.5 Å². The van der Waals surface area contributed by atoms with E-state index in [-0.39, 0.29) is 24.8 Å². The Hall–Kier alpha value is -2.18. The van der Waals surface area contributed by atoms with Gasteiger partial charge in [-0.15, -0.1) is 0 Å². The molecule has 0 saturated heterocycles. The molecule has 2 atom stereocenters. The van der Waals surface area contributed by atoms with Crippen LogP contribution in [0.5, 0.6) is 0 Å². The molecule has 7 rings (SSSR count). The molecule has 0 aromatic heterocycles. The molecule has 4 bridgehead atoms. The van der Waals surface area contributed by atoms with Crippen molar-refractivity contribution in [3.8, 4) is 22.3 Å². The molecule has 0 radical (unpaired) electrons. The Bertz CT molecular complexity index is 1400. The van der Waals surface area contributed by atoms with Crippen molar-refractivity contribution in [1.82, 2.24) is 0 Å². The van der Waals surface area contributed by atoms with Crippen molar-refractivity contribution in [3.63, 3.8) is 0 Å². The van der Waals surface area contributed by atoms with Gasteiger partial charge >= 0.3 is 215 Å². The molecular weight excluding hydrogens is 558 g/mol. The summed E-state index contributed by atoms with van der Waals surface area (Å²) >= 11 is -0.821. The van der Waals surface area contributed by atoms with Gasteiger partial charge in [0, 0.05) is 0 Å². The monoisotopic (exact) mass is 582 g/mol. The molecule has 1 aliphatic heterocycles. The fourth-order valence-corrected chi connectivity index (χ4v) is 11.4. The van der Waals surface area contributed by atoms with Crippen LogP contribution >= 0.6 is 0 Å². The van der Waals surface area contributed by atoms with Crippen LogP contribution in [0.1, 0.15) is 49.8 Å². The van der Waals surface area contributed by atoms with Crippen LogP contribution in [0.4, 0.5) is 0 Å². The van der Waals surface area contributed by atoms with E-state index in [0.29, 0.717) is 7.25 Å². The van der Waals surface area contributed by atoms with Crippen LogP contribution in [0.3, 0.4) is 0 Å². The molecule has 4 aromatic carbocycles. The fourth-order valence-electron chi connectivity index (χ4n) is 6.45. The van der Waals surface area contributed by atoms with Gasteiger partial charge in [-0.1, -0.05) is 0 Å². The van der Waals surface area contributed by atoms with Gasteiger partial charge in [0.15, 0.2) is 0 Å². The summed E-state index contributed by atoms with van der Waals surface area (Å²) in [4.78, 5) is 0. The summed E-state index contributed by atoms with van der Waals surface area (Å²) in [5, 5.41) is 0. The zero-order chi connectivity index (χ0) is 22.8. The van der Waals surface area contributed by atoms with Crippen LogP contribution in [0, 0.1) is 0 Å². The van der Waals surface area contributed by atoms with Crippen molar-refractivity contribution in [2.24, 2.45) is 0 Å². The van der Waals surface area contributed by atoms with Crippen molar-refractivity contribution in [1.29, 1.82) is 0 Å². The molecule has 1 heterocycles. The molecular formula is C33H26Cl2Zr. The van der Waals surface area contributed by atoms with E-state index in [1.165, 1.54) is 22.3 Å². The summed E-state index contributed by atoms with van der Waals surface area (Å²) in [6.07, 6.45) is 1.05. The maximum Gasteiger partial charge on any atom is -1.00 e. The predicted molar refractivity (Wildman–Crippen MR) is 139 cm³/mol. The van der Waals surface area contributed by atoms with E-state index in [0.717, 1.165) is 6.42 Å². The number of hydrogen-bond donors (Lipinski definition) is 0. The Kier molecular flexibility index (Phi) is 7.03. The maximum atomic E-state index is 2.44. The number of allylic oxidation sites excluding steroid dienone is 4. The second kappa shape index (κ2) is 9.94. The summed E-state index contributed by atoms with van der Waals surface area (Å²) in [5.74, 6) is 0. The third-order valence-electron chi connectivity index (χ3n) is 8.09. The molecule has 176 valence electrons. The van der Waals surface area contributed by atoms with Crippen LogP contribution in [-0.4, -0.2) is 0 Å². The van der Waals surface area contributed by atoms with E-state index in [1.807, 2.05) is 0 Å². The number of fused-ring (bicyclic) bond motifs is 8. The number of benzene rings is 4. The summed E-state index contributed by atoms with van der Waals surface area (Å²) in [7, 11) is 0. The van der Waals surface area contributed by atoms with Gasteiger partial charge in [-0.2, -0.15) is 0 Å². The SMILES string of the molecule is CC1=C2CC3=C(C)[CH]([Zr+2][CH]1c1cccc(-c4ccccc4)c12)c1cccc(-c2ccccc2)c13.[Cl-].[Cl-]. The van der Waals surface area contributed by atoms with Gasteiger partial charge < -0.3 is 24.8 Å². The first-order chi connectivity index (χ1) is 16.7. The second-order valence-corrected chi connectivity index (χ2v) is 13.5. The molecule has 3 aliphatic rings. The van der Waals surface area contributed by atoms with Crippen molar-refractivity contribution in [3.05, 3.63) is 130 Å². The average Bonchev–Trinajstić information content (AvgIpc) is 3.34. The Morgan fingerprint density at radius 1 is 0.528 bits per heavy atom. The van der Waals surface area contributed by atoms with E-state index in [4.69, 9.17) is 0 Å². The minimum absolute atomic E-state index is 0. The van der Waals surface area contributed by atoms with Crippen LogP contribution < -0.4 is 24.8 Å². The van der Waals surface area contributed by atoms with Gasteiger partial charge in [0.05, 0.1) is 0 Å². The largest absolute Gasteiger partial charge is 1.00 e. The minimum Gasteiger partial charge on any atom is -1.00 e. The molecule has 0 spiro atoms. The summed E-state index contributed by atoms with van der Waals surface area (Å²) in [6, 6.07) is 36.2. The second-order valence-electron chi connectivity index (χ2n) is 9.80. The van der Waals surface area contributed by atoms with E-state index in [2.05, 4.69) is 111 Å². The molecule has 2 unspecified atom stereocenters. The van der Waals surface area contributed by atoms with Gasteiger partial charge in [0.2, 0.25) is 0 Å². The third-order valence-corrected chi connectivity index (χ3v) is 13.4. The summed E-state index contributed by atoms with van der Waals surface area (Å²) < 4.78 is 1.34. The van der Waals surface area contributed by atoms with E-state index in [1.54, 1.807) is 44.5 Å². The number of hydrogen-bond acceptors (Lipinski definition) is 0. The predicted octanol–water partition coefficient (Wildman–Crippen LogP) is 2.87. The van der Waals surface area contributed by atoms with E-state index >= 15 is 0 Å². The van der Waals surface area contributed by atoms with E-state index in [9.17, 15) is 0 Å². The van der Waals surface area contributed by atoms with Crippen molar-refractivity contribution in [2.75, 3.05) is 0 Å². The minimum atomic E-state index is -0.821. The standard InChI is InChI=1S/C33H26.2ClH.Zr/c1-22-19-26-15-9-17-28(24-11-5-3-6-12-24)32(26)30(22)21-31-23(2)20-27-16-10-18-29(33(27)31)25-13-7-4-8-14-25;;;/h3-20H,21H2,1-2H3;2*1H;/q;;;+2/p-2. The average molecular weight is 585 g/mol. The first kappa shape index (κ1) is 25.5. The van der Waals surface area contributed by atoms with Gasteiger partial charge in [-0.3, -0.25) is 0 Å². The Balaban J connectivity index is 0.00000133. The molecule has 36 heavy (non-hydrogen) atoms. The van der Waals surface area contributed by atoms with Crippen LogP contribution in [0.25, 0.3) is 33.4 Å². The first-order valence-corrected chi connectivity index (χ1v) is 15.1. The molecule has 4 aromatic rings. The molecule has 3 heteroatoms. The van der Waals surface area contributed by atoms with Gasteiger partial charge in [0.1, 0.15) is 0 Å². The number of halogens is 2. The third kappa shape index (κ3) is 3.75. The quantitative estimate of drug-likeness (QED) is 0.340. The summed E-state index contributed by atoms with van der Waals surface area (Å²) in [6.45, 7) is 4.89. The molecule has 2 aliphatic carbocycles. The fraction of sp³-hybridized carbons (Fsp3) is 0.152. The smallest absolute Gasteiger partial charge is 1.00 e. The van der Waals surface area contributed by atoms with E-state index < -0.39 is 23.2 Å². The first-order valence-electron chi connectivity index (χ1n) is 12.2. The van der Waals surface area contributed by atoms with Crippen LogP contribution in [-0.2, 0) is 23.2 Å². The molecule has 0 N–H and O–H groups in total. The molecule has 0 nitrogen and oxygen atoms in total. The van der Waals surface area contributed by atoms with Crippen LogP contribution in [0.15, 0.2) is 108 Å². The van der Waals surface area contributed by atoms with Crippen molar-refractivity contribution < 1.29 is 48.0 Å². The number of rotatable bonds is 2.